The first kappa shape index (κ1) is 13.8. The lowest BCUT2D eigenvalue weighted by Crippen LogP contribution is -2.56. The molecule has 2 saturated heterocycles. The summed E-state index contributed by atoms with van der Waals surface area (Å²) in [5.41, 5.74) is 0.827. The molecule has 0 N–H and O–H groups in total. The van der Waals surface area contributed by atoms with E-state index in [0.29, 0.717) is 5.91 Å². The van der Waals surface area contributed by atoms with Gasteiger partial charge in [0.05, 0.1) is 17.5 Å². The molecule has 2 aromatic heterocycles. The van der Waals surface area contributed by atoms with Gasteiger partial charge in [-0.25, -0.2) is 9.97 Å². The third kappa shape index (κ3) is 2.22. The summed E-state index contributed by atoms with van der Waals surface area (Å²) < 4.78 is 1.74. The number of nitrogens with zero attached hydrogens (tertiary/aromatic N) is 6. The molecule has 22 heavy (non-hydrogen) atoms. The van der Waals surface area contributed by atoms with Gasteiger partial charge in [0.15, 0.2) is 5.65 Å². The van der Waals surface area contributed by atoms with Crippen molar-refractivity contribution in [2.75, 3.05) is 42.6 Å². The zero-order valence-corrected chi connectivity index (χ0v) is 13.3. The van der Waals surface area contributed by atoms with Gasteiger partial charge in [-0.2, -0.15) is 16.9 Å². The number of carbonyl (C=O) groups is 1. The number of hydrogen-bond donors (Lipinski definition) is 0. The quantitative estimate of drug-likeness (QED) is 0.797. The van der Waals surface area contributed by atoms with Crippen LogP contribution in [0.2, 0.25) is 0 Å². The van der Waals surface area contributed by atoms with Gasteiger partial charge in [0.1, 0.15) is 12.1 Å². The van der Waals surface area contributed by atoms with Crippen molar-refractivity contribution < 1.29 is 4.79 Å². The van der Waals surface area contributed by atoms with Crippen molar-refractivity contribution in [1.29, 1.82) is 0 Å². The molecule has 1 amide bonds. The minimum Gasteiger partial charge on any atom is -0.354 e. The van der Waals surface area contributed by atoms with Crippen LogP contribution in [0.1, 0.15) is 0 Å². The highest BCUT2D eigenvalue weighted by atomic mass is 32.2. The number of thioether (sulfide) groups is 1. The van der Waals surface area contributed by atoms with E-state index in [4.69, 9.17) is 0 Å². The number of hydrogen-bond acceptors (Lipinski definition) is 6. The molecule has 2 aliphatic heterocycles. The van der Waals surface area contributed by atoms with Crippen LogP contribution >= 0.6 is 11.8 Å². The molecule has 7 nitrogen and oxygen atoms in total. The molecule has 0 spiro atoms. The van der Waals surface area contributed by atoms with Crippen molar-refractivity contribution >= 4 is 34.5 Å². The van der Waals surface area contributed by atoms with E-state index in [0.717, 1.165) is 54.5 Å². The van der Waals surface area contributed by atoms with Crippen LogP contribution in [-0.2, 0) is 11.8 Å². The fourth-order valence-corrected chi connectivity index (χ4v) is 3.95. The van der Waals surface area contributed by atoms with Gasteiger partial charge in [-0.05, 0) is 0 Å². The lowest BCUT2D eigenvalue weighted by Gasteiger charge is -2.42. The summed E-state index contributed by atoms with van der Waals surface area (Å²) in [5, 5.41) is 5.18. The Morgan fingerprint density at radius 2 is 2.05 bits per heavy atom. The average molecular weight is 318 g/mol. The summed E-state index contributed by atoms with van der Waals surface area (Å²) in [6.45, 7) is 3.26. The summed E-state index contributed by atoms with van der Waals surface area (Å²) in [6.07, 6.45) is 3.36. The number of amides is 1. The molecule has 4 rings (SSSR count). The van der Waals surface area contributed by atoms with Gasteiger partial charge in [0.2, 0.25) is 5.91 Å². The molecule has 2 aliphatic rings. The smallest absolute Gasteiger partial charge is 0.229 e. The van der Waals surface area contributed by atoms with E-state index >= 15 is 0 Å². The number of aryl methyl sites for hydroxylation is 1. The molecule has 4 heterocycles. The fraction of sp³-hybridized carbons (Fsp3) is 0.571. The Morgan fingerprint density at radius 3 is 2.82 bits per heavy atom. The SMILES string of the molecule is Cn1ncc2c(N3CC(C(=O)N4CCSCC4)C3)ncnc21. The maximum atomic E-state index is 12.5. The van der Waals surface area contributed by atoms with Gasteiger partial charge in [-0.1, -0.05) is 0 Å². The molecule has 0 saturated carbocycles. The Kier molecular flexibility index (Phi) is 3.40. The predicted octanol–water partition coefficient (Wildman–Crippen LogP) is 0.375. The molecule has 0 aliphatic carbocycles. The van der Waals surface area contributed by atoms with Crippen LogP contribution < -0.4 is 4.90 Å². The first-order valence-corrected chi connectivity index (χ1v) is 8.63. The maximum Gasteiger partial charge on any atom is 0.229 e. The van der Waals surface area contributed by atoms with E-state index in [2.05, 4.69) is 20.0 Å². The molecular weight excluding hydrogens is 300 g/mol. The highest BCUT2D eigenvalue weighted by molar-refractivity contribution is 7.99. The van der Waals surface area contributed by atoms with Gasteiger partial charge in [-0.15, -0.1) is 0 Å². The summed E-state index contributed by atoms with van der Waals surface area (Å²) in [4.78, 5) is 25.3. The number of aromatic nitrogens is 4. The highest BCUT2D eigenvalue weighted by Gasteiger charge is 2.37. The Bertz CT molecular complexity index is 704. The fourth-order valence-electron chi connectivity index (χ4n) is 3.05. The average Bonchev–Trinajstić information content (AvgIpc) is 2.89. The zero-order valence-electron chi connectivity index (χ0n) is 12.5. The van der Waals surface area contributed by atoms with Gasteiger partial charge >= 0.3 is 0 Å². The van der Waals surface area contributed by atoms with Gasteiger partial charge in [0.25, 0.3) is 0 Å². The van der Waals surface area contributed by atoms with Crippen LogP contribution in [-0.4, -0.2) is 68.2 Å². The summed E-state index contributed by atoms with van der Waals surface area (Å²) >= 11 is 1.92. The van der Waals surface area contributed by atoms with E-state index in [1.807, 2.05) is 23.7 Å². The van der Waals surface area contributed by atoms with Gasteiger partial charge < -0.3 is 9.80 Å². The van der Waals surface area contributed by atoms with E-state index < -0.39 is 0 Å². The number of anilines is 1. The lowest BCUT2D eigenvalue weighted by molar-refractivity contribution is -0.135. The first-order chi connectivity index (χ1) is 10.7. The maximum absolute atomic E-state index is 12.5. The van der Waals surface area contributed by atoms with Crippen molar-refractivity contribution in [2.45, 2.75) is 0 Å². The Morgan fingerprint density at radius 1 is 1.27 bits per heavy atom. The molecule has 2 aromatic rings. The molecule has 0 atom stereocenters. The second-order valence-electron chi connectivity index (χ2n) is 5.74. The molecular formula is C14H18N6OS. The van der Waals surface area contributed by atoms with Crippen LogP contribution in [0.4, 0.5) is 5.82 Å². The van der Waals surface area contributed by atoms with E-state index in [-0.39, 0.29) is 5.92 Å². The van der Waals surface area contributed by atoms with Gasteiger partial charge in [0, 0.05) is 44.7 Å². The van der Waals surface area contributed by atoms with Crippen molar-refractivity contribution in [1.82, 2.24) is 24.6 Å². The van der Waals surface area contributed by atoms with Crippen molar-refractivity contribution in [3.63, 3.8) is 0 Å². The standard InChI is InChI=1S/C14H18N6OS/c1-18-12-11(6-17-18)13(16-9-15-12)20-7-10(8-20)14(21)19-2-4-22-5-3-19/h6,9-10H,2-5,7-8H2,1H3. The molecule has 0 bridgehead atoms. The van der Waals surface area contributed by atoms with Crippen LogP contribution in [0.3, 0.4) is 0 Å². The van der Waals surface area contributed by atoms with Crippen LogP contribution in [0.5, 0.6) is 0 Å². The molecule has 116 valence electrons. The normalized spacial score (nSPS) is 19.5. The molecule has 0 unspecified atom stereocenters. The second-order valence-corrected chi connectivity index (χ2v) is 6.97. The van der Waals surface area contributed by atoms with Crippen LogP contribution in [0, 0.1) is 5.92 Å². The van der Waals surface area contributed by atoms with Crippen molar-refractivity contribution in [3.05, 3.63) is 12.5 Å². The van der Waals surface area contributed by atoms with E-state index in [1.165, 1.54) is 0 Å². The Labute approximate surface area is 132 Å². The second kappa shape index (κ2) is 5.42. The Balaban J connectivity index is 1.47. The third-order valence-electron chi connectivity index (χ3n) is 4.36. The predicted molar refractivity (Wildman–Crippen MR) is 85.9 cm³/mol. The van der Waals surface area contributed by atoms with Crippen LogP contribution in [0.15, 0.2) is 12.5 Å². The van der Waals surface area contributed by atoms with Crippen molar-refractivity contribution in [3.8, 4) is 0 Å². The molecule has 0 aromatic carbocycles. The van der Waals surface area contributed by atoms with Crippen LogP contribution in [0.25, 0.3) is 11.0 Å². The topological polar surface area (TPSA) is 67.2 Å². The van der Waals surface area contributed by atoms with E-state index in [1.54, 1.807) is 17.2 Å². The van der Waals surface area contributed by atoms with Gasteiger partial charge in [-0.3, -0.25) is 9.48 Å². The minimum absolute atomic E-state index is 0.102. The molecule has 8 heteroatoms. The Hall–Kier alpha value is -1.83. The zero-order chi connectivity index (χ0) is 15.1. The number of rotatable bonds is 2. The van der Waals surface area contributed by atoms with Crippen molar-refractivity contribution in [2.24, 2.45) is 13.0 Å². The van der Waals surface area contributed by atoms with E-state index in [9.17, 15) is 4.79 Å². The first-order valence-electron chi connectivity index (χ1n) is 7.48. The lowest BCUT2D eigenvalue weighted by atomic mass is 9.98. The molecule has 0 radical (unpaired) electrons. The largest absolute Gasteiger partial charge is 0.354 e. The molecule has 2 fully saturated rings. The third-order valence-corrected chi connectivity index (χ3v) is 5.30. The number of carbonyl (C=O) groups excluding carboxylic acids is 1. The summed E-state index contributed by atoms with van der Waals surface area (Å²) in [7, 11) is 1.87. The minimum atomic E-state index is 0.102. The summed E-state index contributed by atoms with van der Waals surface area (Å²) in [6, 6.07) is 0. The summed E-state index contributed by atoms with van der Waals surface area (Å²) in [5.74, 6) is 3.41. The highest BCUT2D eigenvalue weighted by Crippen LogP contribution is 2.29. The monoisotopic (exact) mass is 318 g/mol. The number of fused-ring (bicyclic) bond motifs is 1.